The number of nitrogens with zero attached hydrogens (tertiary/aromatic N) is 1. The third kappa shape index (κ3) is 3.38. The van der Waals surface area contributed by atoms with Crippen LogP contribution in [0, 0.1) is 5.92 Å². The number of rotatable bonds is 3. The van der Waals surface area contributed by atoms with Crippen LogP contribution >= 0.6 is 27.7 Å². The summed E-state index contributed by atoms with van der Waals surface area (Å²) in [6.07, 6.45) is -0.982. The van der Waals surface area contributed by atoms with E-state index in [4.69, 9.17) is 0 Å². The molecule has 4 nitrogen and oxygen atoms in total. The van der Waals surface area contributed by atoms with Gasteiger partial charge in [-0.1, -0.05) is 59.7 Å². The van der Waals surface area contributed by atoms with E-state index in [1.165, 1.54) is 11.8 Å². The third-order valence-electron chi connectivity index (χ3n) is 2.76. The lowest BCUT2D eigenvalue weighted by Gasteiger charge is -2.09. The summed E-state index contributed by atoms with van der Waals surface area (Å²) in [6.45, 7) is 3.98. The molecule has 1 aliphatic heterocycles. The summed E-state index contributed by atoms with van der Waals surface area (Å²) in [5.41, 5.74) is 0.679. The second kappa shape index (κ2) is 6.07. The Morgan fingerprint density at radius 2 is 2.11 bits per heavy atom. The van der Waals surface area contributed by atoms with Crippen molar-refractivity contribution in [3.63, 3.8) is 0 Å². The summed E-state index contributed by atoms with van der Waals surface area (Å²) >= 11 is 4.74. The van der Waals surface area contributed by atoms with Crippen molar-refractivity contribution in [3.05, 3.63) is 34.3 Å². The number of carbonyl (C=O) groups is 1. The van der Waals surface area contributed by atoms with Gasteiger partial charge in [0, 0.05) is 10.0 Å². The molecule has 6 heteroatoms. The molecule has 0 bridgehead atoms. The van der Waals surface area contributed by atoms with E-state index < -0.39 is 6.23 Å². The number of aliphatic hydroxyl groups is 1. The zero-order chi connectivity index (χ0) is 14.0. The minimum absolute atomic E-state index is 0.0434. The number of halogens is 1. The van der Waals surface area contributed by atoms with Gasteiger partial charge < -0.3 is 10.4 Å². The molecule has 1 amide bonds. The quantitative estimate of drug-likeness (QED) is 0.887. The number of nitrogens with one attached hydrogen (secondary N) is 1. The summed E-state index contributed by atoms with van der Waals surface area (Å²) in [4.78, 5) is 15.9. The van der Waals surface area contributed by atoms with Gasteiger partial charge in [-0.2, -0.15) is 0 Å². The minimum atomic E-state index is -0.982. The van der Waals surface area contributed by atoms with Gasteiger partial charge in [0.15, 0.2) is 11.4 Å². The Morgan fingerprint density at radius 1 is 1.42 bits per heavy atom. The zero-order valence-electron chi connectivity index (χ0n) is 10.6. The van der Waals surface area contributed by atoms with Gasteiger partial charge in [0.2, 0.25) is 5.91 Å². The van der Waals surface area contributed by atoms with Crippen molar-refractivity contribution in [1.82, 2.24) is 5.32 Å². The summed E-state index contributed by atoms with van der Waals surface area (Å²) in [5, 5.41) is 13.1. The fraction of sp³-hybridized carbons (Fsp3) is 0.385. The number of carbonyl (C=O) groups excluding carboxylic acids is 1. The molecule has 0 saturated carbocycles. The topological polar surface area (TPSA) is 61.7 Å². The van der Waals surface area contributed by atoms with Gasteiger partial charge >= 0.3 is 0 Å². The van der Waals surface area contributed by atoms with Crippen molar-refractivity contribution < 1.29 is 9.90 Å². The van der Waals surface area contributed by atoms with E-state index in [-0.39, 0.29) is 17.1 Å². The van der Waals surface area contributed by atoms with E-state index in [0.717, 1.165) is 4.47 Å². The highest BCUT2D eigenvalue weighted by Gasteiger charge is 2.32. The molecular weight excluding hydrogens is 328 g/mol. The molecule has 1 aliphatic rings. The van der Waals surface area contributed by atoms with E-state index in [1.54, 1.807) is 6.07 Å². The second-order valence-corrected chi connectivity index (χ2v) is 6.59. The summed E-state index contributed by atoms with van der Waals surface area (Å²) in [7, 11) is 0. The summed E-state index contributed by atoms with van der Waals surface area (Å²) in [5.74, 6) is 0.191. The maximum atomic E-state index is 11.7. The number of thioether (sulfide) groups is 1. The monoisotopic (exact) mass is 342 g/mol. The Kier molecular flexibility index (Phi) is 4.65. The first-order chi connectivity index (χ1) is 8.99. The van der Waals surface area contributed by atoms with E-state index in [9.17, 15) is 9.90 Å². The van der Waals surface area contributed by atoms with Crippen molar-refractivity contribution in [2.24, 2.45) is 10.9 Å². The summed E-state index contributed by atoms with van der Waals surface area (Å²) < 4.78 is 0.793. The number of hydrogen-bond acceptors (Lipinski definition) is 4. The lowest BCUT2D eigenvalue weighted by molar-refractivity contribution is -0.119. The van der Waals surface area contributed by atoms with Gasteiger partial charge in [-0.05, 0) is 12.0 Å². The number of benzene rings is 1. The SMILES string of the molecule is CC(C)C1S/C(=N/[C@@H](O)c2ccccc2Br)NC1=O. The fourth-order valence-corrected chi connectivity index (χ4v) is 3.23. The molecule has 1 fully saturated rings. The predicted molar refractivity (Wildman–Crippen MR) is 80.9 cm³/mol. The van der Waals surface area contributed by atoms with Crippen LogP contribution in [-0.2, 0) is 4.79 Å². The molecule has 19 heavy (non-hydrogen) atoms. The molecule has 102 valence electrons. The molecule has 2 rings (SSSR count). The molecule has 0 radical (unpaired) electrons. The molecule has 1 unspecified atom stereocenters. The van der Waals surface area contributed by atoms with E-state index in [1.807, 2.05) is 32.0 Å². The molecule has 1 aromatic carbocycles. The average Bonchev–Trinajstić information content (AvgIpc) is 2.70. The van der Waals surface area contributed by atoms with Gasteiger partial charge in [0.05, 0.1) is 5.25 Å². The maximum Gasteiger partial charge on any atom is 0.239 e. The smallest absolute Gasteiger partial charge is 0.239 e. The normalized spacial score (nSPS) is 22.9. The fourth-order valence-electron chi connectivity index (χ4n) is 1.75. The summed E-state index contributed by atoms with van der Waals surface area (Å²) in [6, 6.07) is 7.34. The number of amidine groups is 1. The lowest BCUT2D eigenvalue weighted by atomic mass is 10.1. The second-order valence-electron chi connectivity index (χ2n) is 4.60. The van der Waals surface area contributed by atoms with E-state index in [2.05, 4.69) is 26.2 Å². The van der Waals surface area contributed by atoms with Gasteiger partial charge in [-0.25, -0.2) is 4.99 Å². The lowest BCUT2D eigenvalue weighted by Crippen LogP contribution is -2.27. The Labute approximate surface area is 124 Å². The van der Waals surface area contributed by atoms with Crippen LogP contribution in [0.4, 0.5) is 0 Å². The molecule has 0 aliphatic carbocycles. The van der Waals surface area contributed by atoms with Gasteiger partial charge in [0.25, 0.3) is 0 Å². The first-order valence-corrected chi connectivity index (χ1v) is 7.64. The van der Waals surface area contributed by atoms with Crippen LogP contribution in [0.25, 0.3) is 0 Å². The van der Waals surface area contributed by atoms with Crippen LogP contribution in [0.1, 0.15) is 25.6 Å². The van der Waals surface area contributed by atoms with Crippen LogP contribution < -0.4 is 5.32 Å². The van der Waals surface area contributed by atoms with Gasteiger partial charge in [0.1, 0.15) is 0 Å². The molecule has 2 atom stereocenters. The van der Waals surface area contributed by atoms with Crippen LogP contribution in [0.3, 0.4) is 0 Å². The first-order valence-electron chi connectivity index (χ1n) is 5.97. The number of aliphatic hydroxyl groups excluding tert-OH is 1. The van der Waals surface area contributed by atoms with Gasteiger partial charge in [-0.3, -0.25) is 4.79 Å². The zero-order valence-corrected chi connectivity index (χ0v) is 13.0. The molecule has 2 N–H and O–H groups in total. The van der Waals surface area contributed by atoms with Crippen LogP contribution in [-0.4, -0.2) is 21.4 Å². The van der Waals surface area contributed by atoms with Crippen molar-refractivity contribution in [1.29, 1.82) is 0 Å². The van der Waals surface area contributed by atoms with Crippen molar-refractivity contribution in [2.45, 2.75) is 25.3 Å². The Morgan fingerprint density at radius 3 is 2.68 bits per heavy atom. The van der Waals surface area contributed by atoms with E-state index >= 15 is 0 Å². The minimum Gasteiger partial charge on any atom is -0.368 e. The highest BCUT2D eigenvalue weighted by atomic mass is 79.9. The van der Waals surface area contributed by atoms with Crippen molar-refractivity contribution in [2.75, 3.05) is 0 Å². The molecule has 1 heterocycles. The molecule has 0 spiro atoms. The van der Waals surface area contributed by atoms with Crippen LogP contribution in [0.15, 0.2) is 33.7 Å². The van der Waals surface area contributed by atoms with Crippen LogP contribution in [0.5, 0.6) is 0 Å². The number of amides is 1. The molecular formula is C13H15BrN2O2S. The Bertz CT molecular complexity index is 519. The third-order valence-corrected chi connectivity index (χ3v) is 4.92. The van der Waals surface area contributed by atoms with E-state index in [0.29, 0.717) is 10.7 Å². The van der Waals surface area contributed by atoms with Crippen molar-refractivity contribution >= 4 is 38.8 Å². The van der Waals surface area contributed by atoms with Gasteiger partial charge in [-0.15, -0.1) is 0 Å². The first kappa shape index (κ1) is 14.6. The number of hydrogen-bond donors (Lipinski definition) is 2. The standard InChI is InChI=1S/C13H15BrN2O2S/c1-7(2)10-12(18)16-13(19-10)15-11(17)8-5-3-4-6-9(8)14/h3-7,10-11,17H,1-2H3,(H,15,16,18)/t10?,11-/m0/s1. The van der Waals surface area contributed by atoms with Crippen LogP contribution in [0.2, 0.25) is 0 Å². The molecule has 1 aromatic rings. The Hall–Kier alpha value is -0.850. The predicted octanol–water partition coefficient (Wildman–Crippen LogP) is 2.68. The molecule has 0 aromatic heterocycles. The number of aliphatic imine (C=N–C) groups is 1. The largest absolute Gasteiger partial charge is 0.368 e. The molecule has 1 saturated heterocycles. The van der Waals surface area contributed by atoms with Crippen molar-refractivity contribution in [3.8, 4) is 0 Å². The Balaban J connectivity index is 2.15. The highest BCUT2D eigenvalue weighted by molar-refractivity contribution is 9.10. The highest BCUT2D eigenvalue weighted by Crippen LogP contribution is 2.29. The average molecular weight is 343 g/mol. The maximum absolute atomic E-state index is 11.7.